The van der Waals surface area contributed by atoms with E-state index < -0.39 is 8.07 Å². The van der Waals surface area contributed by atoms with Gasteiger partial charge < -0.3 is 0 Å². The SMILES string of the molecule is Cc1ccc(C2CCCC2)cc1-c1c2ccc([Si](CC(C)C)(CC(C)C)CC(C)C)cc2cc[n+]1C. The fourth-order valence-electron chi connectivity index (χ4n) is 7.39. The first-order valence-corrected chi connectivity index (χ1v) is 17.3. The number of hydrogen-bond acceptors (Lipinski definition) is 0. The Kier molecular flexibility index (Phi) is 8.44. The van der Waals surface area contributed by atoms with Crippen LogP contribution in [-0.2, 0) is 7.05 Å². The Hall–Kier alpha value is -1.93. The third kappa shape index (κ3) is 5.80. The highest BCUT2D eigenvalue weighted by molar-refractivity contribution is 6.92. The van der Waals surface area contributed by atoms with Crippen LogP contribution < -0.4 is 9.75 Å². The second-order valence-electron chi connectivity index (χ2n) is 13.2. The average Bonchev–Trinajstić information content (AvgIpc) is 3.33. The number of hydrogen-bond donors (Lipinski definition) is 0. The minimum Gasteiger partial charge on any atom is -0.200 e. The normalized spacial score (nSPS) is 15.2. The van der Waals surface area contributed by atoms with Crippen molar-refractivity contribution < 1.29 is 4.57 Å². The maximum atomic E-state index is 2.61. The van der Waals surface area contributed by atoms with Crippen molar-refractivity contribution in [1.29, 1.82) is 0 Å². The van der Waals surface area contributed by atoms with Gasteiger partial charge in [-0.1, -0.05) is 102 Å². The number of fused-ring (bicyclic) bond motifs is 1. The van der Waals surface area contributed by atoms with Crippen LogP contribution in [0.1, 0.15) is 84.3 Å². The zero-order chi connectivity index (χ0) is 26.0. The molecule has 1 aromatic heterocycles. The summed E-state index contributed by atoms with van der Waals surface area (Å²) in [4.78, 5) is 0. The molecule has 0 atom stereocenters. The highest BCUT2D eigenvalue weighted by atomic mass is 28.3. The van der Waals surface area contributed by atoms with Crippen LogP contribution in [0.3, 0.4) is 0 Å². The summed E-state index contributed by atoms with van der Waals surface area (Å²) in [6.07, 6.45) is 7.75. The molecule has 1 nitrogen and oxygen atoms in total. The Labute approximate surface area is 222 Å². The molecule has 0 saturated heterocycles. The molecule has 1 aliphatic carbocycles. The minimum absolute atomic E-state index is 0.742. The molecular formula is C34H50NSi+. The third-order valence-electron chi connectivity index (χ3n) is 8.49. The van der Waals surface area contributed by atoms with E-state index in [-0.39, 0.29) is 0 Å². The summed E-state index contributed by atoms with van der Waals surface area (Å²) in [5.74, 6) is 2.98. The standard InChI is InChI=1S/C34H50NSi/c1-24(2)21-36(22-25(3)4,23-26(5)6)31-15-16-32-30(19-31)17-18-35(8)34(32)33-20-29(14-13-27(33)7)28-11-9-10-12-28/h13-20,24-26,28H,9-12,21-23H2,1-8H3/q+1. The third-order valence-corrected chi connectivity index (χ3v) is 14.8. The predicted molar refractivity (Wildman–Crippen MR) is 161 cm³/mol. The number of pyridine rings is 1. The summed E-state index contributed by atoms with van der Waals surface area (Å²) in [6, 6.07) is 21.4. The molecule has 4 rings (SSSR count). The molecule has 194 valence electrons. The molecule has 0 N–H and O–H groups in total. The van der Waals surface area contributed by atoms with E-state index >= 15 is 0 Å². The Morgan fingerprint density at radius 3 is 2.00 bits per heavy atom. The van der Waals surface area contributed by atoms with Gasteiger partial charge in [0.25, 0.3) is 0 Å². The molecule has 2 aromatic carbocycles. The van der Waals surface area contributed by atoms with Gasteiger partial charge in [0.05, 0.1) is 13.5 Å². The topological polar surface area (TPSA) is 3.88 Å². The zero-order valence-corrected chi connectivity index (χ0v) is 25.3. The maximum Gasteiger partial charge on any atom is 0.220 e. The Morgan fingerprint density at radius 1 is 0.806 bits per heavy atom. The summed E-state index contributed by atoms with van der Waals surface area (Å²) < 4.78 is 2.35. The summed E-state index contributed by atoms with van der Waals surface area (Å²) in [5.41, 5.74) is 5.71. The monoisotopic (exact) mass is 500 g/mol. The van der Waals surface area contributed by atoms with Gasteiger partial charge >= 0.3 is 0 Å². The van der Waals surface area contributed by atoms with Crippen LogP contribution in [0.2, 0.25) is 18.1 Å². The van der Waals surface area contributed by atoms with E-state index in [1.54, 1.807) is 10.8 Å². The Bertz CT molecular complexity index is 1160. The molecule has 36 heavy (non-hydrogen) atoms. The largest absolute Gasteiger partial charge is 0.220 e. The van der Waals surface area contributed by atoms with Crippen LogP contribution in [0.5, 0.6) is 0 Å². The average molecular weight is 501 g/mol. The number of aryl methyl sites for hydroxylation is 2. The minimum atomic E-state index is -1.63. The van der Waals surface area contributed by atoms with E-state index in [0.29, 0.717) is 0 Å². The predicted octanol–water partition coefficient (Wildman–Crippen LogP) is 8.92. The molecule has 0 bridgehead atoms. The smallest absolute Gasteiger partial charge is 0.200 e. The molecule has 3 aromatic rings. The first-order valence-electron chi connectivity index (χ1n) is 14.6. The number of nitrogens with zero attached hydrogens (tertiary/aromatic N) is 1. The molecule has 1 heterocycles. The highest BCUT2D eigenvalue weighted by Gasteiger charge is 2.37. The van der Waals surface area contributed by atoms with Gasteiger partial charge in [0.1, 0.15) is 7.05 Å². The molecule has 0 radical (unpaired) electrons. The van der Waals surface area contributed by atoms with Gasteiger partial charge in [0, 0.05) is 11.6 Å². The van der Waals surface area contributed by atoms with Crippen molar-refractivity contribution in [2.24, 2.45) is 24.8 Å². The molecule has 0 aliphatic heterocycles. The lowest BCUT2D eigenvalue weighted by molar-refractivity contribution is -0.659. The summed E-state index contributed by atoms with van der Waals surface area (Å²) in [7, 11) is 0.589. The van der Waals surface area contributed by atoms with Crippen molar-refractivity contribution in [3.05, 3.63) is 59.8 Å². The molecule has 0 unspecified atom stereocenters. The summed E-state index contributed by atoms with van der Waals surface area (Å²) >= 11 is 0. The van der Waals surface area contributed by atoms with Crippen LogP contribution in [0.15, 0.2) is 48.7 Å². The van der Waals surface area contributed by atoms with Crippen molar-refractivity contribution in [3.63, 3.8) is 0 Å². The second-order valence-corrected chi connectivity index (χ2v) is 17.6. The summed E-state index contributed by atoms with van der Waals surface area (Å²) in [5, 5.41) is 4.50. The lowest BCUT2D eigenvalue weighted by Gasteiger charge is -2.37. The van der Waals surface area contributed by atoms with Crippen molar-refractivity contribution in [2.45, 2.75) is 98.2 Å². The zero-order valence-electron chi connectivity index (χ0n) is 24.3. The maximum absolute atomic E-state index is 2.61. The van der Waals surface area contributed by atoms with E-state index in [4.69, 9.17) is 0 Å². The van der Waals surface area contributed by atoms with Gasteiger partial charge in [-0.15, -0.1) is 0 Å². The van der Waals surface area contributed by atoms with E-state index in [1.165, 1.54) is 71.4 Å². The van der Waals surface area contributed by atoms with Crippen LogP contribution in [-0.4, -0.2) is 8.07 Å². The van der Waals surface area contributed by atoms with E-state index in [1.807, 2.05) is 0 Å². The first kappa shape index (κ1) is 27.1. The van der Waals surface area contributed by atoms with E-state index in [2.05, 4.69) is 109 Å². The first-order chi connectivity index (χ1) is 17.1. The molecule has 0 amide bonds. The van der Waals surface area contributed by atoms with Crippen LogP contribution in [0.25, 0.3) is 22.0 Å². The molecule has 0 spiro atoms. The van der Waals surface area contributed by atoms with E-state index in [0.717, 1.165) is 23.7 Å². The quantitative estimate of drug-likeness (QED) is 0.204. The molecule has 1 aliphatic rings. The lowest BCUT2D eigenvalue weighted by Crippen LogP contribution is -2.50. The number of aromatic nitrogens is 1. The van der Waals surface area contributed by atoms with Gasteiger partial charge in [-0.05, 0) is 72.1 Å². The van der Waals surface area contributed by atoms with Crippen LogP contribution in [0, 0.1) is 24.7 Å². The van der Waals surface area contributed by atoms with E-state index in [9.17, 15) is 0 Å². The van der Waals surface area contributed by atoms with Gasteiger partial charge in [-0.2, -0.15) is 0 Å². The molecule has 1 fully saturated rings. The fraction of sp³-hybridized carbons (Fsp3) is 0.559. The highest BCUT2D eigenvalue weighted by Crippen LogP contribution is 2.38. The second kappa shape index (κ2) is 11.2. The van der Waals surface area contributed by atoms with Crippen molar-refractivity contribution >= 4 is 24.0 Å². The lowest BCUT2D eigenvalue weighted by atomic mass is 9.91. The Morgan fingerprint density at radius 2 is 1.42 bits per heavy atom. The van der Waals surface area contributed by atoms with Gasteiger partial charge in [-0.3, -0.25) is 0 Å². The fourth-order valence-corrected chi connectivity index (χ4v) is 14.2. The van der Waals surface area contributed by atoms with Gasteiger partial charge in [0.2, 0.25) is 5.69 Å². The molecule has 2 heteroatoms. The van der Waals surface area contributed by atoms with Crippen LogP contribution >= 0.6 is 0 Å². The summed E-state index contributed by atoms with van der Waals surface area (Å²) in [6.45, 7) is 16.9. The number of benzene rings is 2. The molecule has 1 saturated carbocycles. The van der Waals surface area contributed by atoms with Crippen molar-refractivity contribution in [2.75, 3.05) is 0 Å². The van der Waals surface area contributed by atoms with Gasteiger partial charge in [0.15, 0.2) is 6.20 Å². The Balaban J connectivity index is 1.86. The van der Waals surface area contributed by atoms with Crippen molar-refractivity contribution in [3.8, 4) is 11.3 Å². The number of rotatable bonds is 9. The van der Waals surface area contributed by atoms with Crippen molar-refractivity contribution in [1.82, 2.24) is 0 Å². The van der Waals surface area contributed by atoms with Crippen LogP contribution in [0.4, 0.5) is 0 Å². The molecular weight excluding hydrogens is 450 g/mol. The van der Waals surface area contributed by atoms with Gasteiger partial charge in [-0.25, -0.2) is 4.57 Å².